The van der Waals surface area contributed by atoms with Gasteiger partial charge in [-0.15, -0.1) is 11.8 Å². The second-order valence-corrected chi connectivity index (χ2v) is 8.80. The number of thioether (sulfide) groups is 1. The maximum atomic E-state index is 13.7. The van der Waals surface area contributed by atoms with E-state index in [1.165, 1.54) is 18.9 Å². The Hall–Kier alpha value is -1.17. The lowest BCUT2D eigenvalue weighted by molar-refractivity contribution is -0.137. The molecule has 1 aliphatic heterocycles. The SMILES string of the molecule is CCCc1cc(Cl)c(-c2ccc(SCC3CCCNC3)cc2)c(C(F)(F)F)c1. The van der Waals surface area contributed by atoms with E-state index in [1.54, 1.807) is 30.0 Å². The van der Waals surface area contributed by atoms with Crippen molar-refractivity contribution in [1.82, 2.24) is 5.32 Å². The summed E-state index contributed by atoms with van der Waals surface area (Å²) in [6.45, 7) is 4.07. The lowest BCUT2D eigenvalue weighted by Crippen LogP contribution is -2.30. The fourth-order valence-electron chi connectivity index (χ4n) is 3.61. The molecule has 1 nitrogen and oxygen atoms in total. The molecule has 2 aromatic rings. The van der Waals surface area contributed by atoms with Crippen LogP contribution in [0.5, 0.6) is 0 Å². The molecule has 0 radical (unpaired) electrons. The molecule has 1 atom stereocenters. The van der Waals surface area contributed by atoms with Crippen molar-refractivity contribution in [1.29, 1.82) is 0 Å². The maximum absolute atomic E-state index is 13.7. The van der Waals surface area contributed by atoms with Gasteiger partial charge in [-0.1, -0.05) is 37.1 Å². The Morgan fingerprint density at radius 1 is 1.18 bits per heavy atom. The molecule has 2 aromatic carbocycles. The summed E-state index contributed by atoms with van der Waals surface area (Å²) in [6, 6.07) is 10.2. The van der Waals surface area contributed by atoms with Gasteiger partial charge in [-0.3, -0.25) is 0 Å². The van der Waals surface area contributed by atoms with E-state index < -0.39 is 11.7 Å². The highest BCUT2D eigenvalue weighted by atomic mass is 35.5. The third-order valence-corrected chi connectivity index (χ3v) is 6.56. The molecule has 3 rings (SSSR count). The van der Waals surface area contributed by atoms with Gasteiger partial charge in [0, 0.05) is 21.2 Å². The molecule has 1 saturated heterocycles. The smallest absolute Gasteiger partial charge is 0.316 e. The Balaban J connectivity index is 1.82. The number of nitrogens with one attached hydrogen (secondary N) is 1. The lowest BCUT2D eigenvalue weighted by Gasteiger charge is -2.22. The Bertz CT molecular complexity index is 784. The van der Waals surface area contributed by atoms with Crippen molar-refractivity contribution in [3.05, 3.63) is 52.5 Å². The number of hydrogen-bond donors (Lipinski definition) is 1. The van der Waals surface area contributed by atoms with E-state index in [0.29, 0.717) is 23.5 Å². The predicted octanol–water partition coefficient (Wildman–Crippen LogP) is 7.07. The second kappa shape index (κ2) is 9.55. The highest BCUT2D eigenvalue weighted by Crippen LogP contribution is 2.42. The summed E-state index contributed by atoms with van der Waals surface area (Å²) in [4.78, 5) is 1.07. The van der Waals surface area contributed by atoms with Gasteiger partial charge in [0.2, 0.25) is 0 Å². The van der Waals surface area contributed by atoms with Gasteiger partial charge in [0.15, 0.2) is 0 Å². The fourth-order valence-corrected chi connectivity index (χ4v) is 5.00. The molecule has 0 saturated carbocycles. The van der Waals surface area contributed by atoms with E-state index in [0.717, 1.165) is 30.2 Å². The van der Waals surface area contributed by atoms with Gasteiger partial charge in [0.25, 0.3) is 0 Å². The summed E-state index contributed by atoms with van der Waals surface area (Å²) in [6.07, 6.45) is -0.655. The van der Waals surface area contributed by atoms with Crippen molar-refractivity contribution < 1.29 is 13.2 Å². The van der Waals surface area contributed by atoms with E-state index in [9.17, 15) is 13.2 Å². The van der Waals surface area contributed by atoms with Gasteiger partial charge in [-0.25, -0.2) is 0 Å². The number of piperidine rings is 1. The molecule has 1 heterocycles. The summed E-state index contributed by atoms with van der Waals surface area (Å²) in [7, 11) is 0. The number of halogens is 4. The molecule has 0 bridgehead atoms. The van der Waals surface area contributed by atoms with Crippen LogP contribution in [0.3, 0.4) is 0 Å². The van der Waals surface area contributed by atoms with Crippen LogP contribution in [0.4, 0.5) is 13.2 Å². The first-order valence-corrected chi connectivity index (χ1v) is 11.1. The molecule has 0 amide bonds. The second-order valence-electron chi connectivity index (χ2n) is 7.30. The zero-order valence-electron chi connectivity index (χ0n) is 15.9. The predicted molar refractivity (Wildman–Crippen MR) is 112 cm³/mol. The van der Waals surface area contributed by atoms with Crippen LogP contribution >= 0.6 is 23.4 Å². The van der Waals surface area contributed by atoms with Crippen LogP contribution in [0.1, 0.15) is 37.3 Å². The van der Waals surface area contributed by atoms with Crippen molar-refractivity contribution in [3.8, 4) is 11.1 Å². The molecule has 1 fully saturated rings. The third kappa shape index (κ3) is 5.46. The normalized spacial score (nSPS) is 17.7. The van der Waals surface area contributed by atoms with Gasteiger partial charge >= 0.3 is 6.18 Å². The van der Waals surface area contributed by atoms with E-state index in [-0.39, 0.29) is 10.6 Å². The molecule has 0 spiro atoms. The molecule has 28 heavy (non-hydrogen) atoms. The van der Waals surface area contributed by atoms with Crippen LogP contribution in [-0.2, 0) is 12.6 Å². The van der Waals surface area contributed by atoms with Crippen molar-refractivity contribution in [2.45, 2.75) is 43.7 Å². The van der Waals surface area contributed by atoms with Crippen LogP contribution in [0.25, 0.3) is 11.1 Å². The number of rotatable bonds is 6. The zero-order chi connectivity index (χ0) is 20.1. The molecule has 0 aromatic heterocycles. The van der Waals surface area contributed by atoms with E-state index in [1.807, 2.05) is 19.1 Å². The van der Waals surface area contributed by atoms with E-state index >= 15 is 0 Å². The summed E-state index contributed by atoms with van der Waals surface area (Å²) in [5.74, 6) is 1.67. The Morgan fingerprint density at radius 3 is 2.54 bits per heavy atom. The average Bonchev–Trinajstić information content (AvgIpc) is 2.67. The van der Waals surface area contributed by atoms with E-state index in [4.69, 9.17) is 11.6 Å². The summed E-state index contributed by atoms with van der Waals surface area (Å²) in [5, 5.41) is 3.57. The van der Waals surface area contributed by atoms with E-state index in [2.05, 4.69) is 5.32 Å². The molecule has 1 aliphatic rings. The van der Waals surface area contributed by atoms with Gasteiger partial charge in [0.05, 0.1) is 5.56 Å². The van der Waals surface area contributed by atoms with Gasteiger partial charge in [-0.05, 0) is 73.7 Å². The number of hydrogen-bond acceptors (Lipinski definition) is 2. The topological polar surface area (TPSA) is 12.0 Å². The van der Waals surface area contributed by atoms with Crippen molar-refractivity contribution in [2.75, 3.05) is 18.8 Å². The van der Waals surface area contributed by atoms with Crippen LogP contribution < -0.4 is 5.32 Å². The molecular formula is C22H25ClF3NS. The van der Waals surface area contributed by atoms with Crippen LogP contribution in [-0.4, -0.2) is 18.8 Å². The lowest BCUT2D eigenvalue weighted by atomic mass is 9.95. The summed E-state index contributed by atoms with van der Waals surface area (Å²) < 4.78 is 41.0. The standard InChI is InChI=1S/C22H25ClF3NS/c1-2-4-15-11-19(22(24,25)26)21(20(23)12-15)17-6-8-18(9-7-17)28-14-16-5-3-10-27-13-16/h6-9,11-12,16,27H,2-5,10,13-14H2,1H3. The van der Waals surface area contributed by atoms with Crippen molar-refractivity contribution >= 4 is 23.4 Å². The number of benzene rings is 2. The molecule has 152 valence electrons. The molecular weight excluding hydrogens is 403 g/mol. The molecule has 6 heteroatoms. The molecule has 1 N–H and O–H groups in total. The zero-order valence-corrected chi connectivity index (χ0v) is 17.5. The van der Waals surface area contributed by atoms with Gasteiger partial charge < -0.3 is 5.32 Å². The maximum Gasteiger partial charge on any atom is 0.417 e. The first kappa shape index (κ1) is 21.5. The first-order valence-electron chi connectivity index (χ1n) is 9.72. The Kier molecular flexibility index (Phi) is 7.35. The molecule has 0 aliphatic carbocycles. The highest BCUT2D eigenvalue weighted by Gasteiger charge is 2.35. The minimum absolute atomic E-state index is 0.0713. The van der Waals surface area contributed by atoms with Gasteiger partial charge in [-0.2, -0.15) is 13.2 Å². The first-order chi connectivity index (χ1) is 13.4. The van der Waals surface area contributed by atoms with Gasteiger partial charge in [0.1, 0.15) is 0 Å². The monoisotopic (exact) mass is 427 g/mol. The highest BCUT2D eigenvalue weighted by molar-refractivity contribution is 7.99. The van der Waals surface area contributed by atoms with Crippen LogP contribution in [0, 0.1) is 5.92 Å². The Labute approximate surface area is 174 Å². The largest absolute Gasteiger partial charge is 0.417 e. The minimum atomic E-state index is -4.44. The summed E-state index contributed by atoms with van der Waals surface area (Å²) >= 11 is 8.06. The fraction of sp³-hybridized carbons (Fsp3) is 0.455. The van der Waals surface area contributed by atoms with Crippen LogP contribution in [0.15, 0.2) is 41.3 Å². The number of aryl methyl sites for hydroxylation is 1. The third-order valence-electron chi connectivity index (χ3n) is 5.02. The molecule has 1 unspecified atom stereocenters. The van der Waals surface area contributed by atoms with Crippen molar-refractivity contribution in [3.63, 3.8) is 0 Å². The Morgan fingerprint density at radius 2 is 1.93 bits per heavy atom. The quantitative estimate of drug-likeness (QED) is 0.495. The minimum Gasteiger partial charge on any atom is -0.316 e. The van der Waals surface area contributed by atoms with Crippen molar-refractivity contribution in [2.24, 2.45) is 5.92 Å². The summed E-state index contributed by atoms with van der Waals surface area (Å²) in [5.41, 5.74) is 0.542. The van der Waals surface area contributed by atoms with Crippen LogP contribution in [0.2, 0.25) is 5.02 Å². The number of alkyl halides is 3. The average molecular weight is 428 g/mol.